The molecule has 0 bridgehead atoms. The molecule has 1 fully saturated rings. The second kappa shape index (κ2) is 5.40. The number of hydrogen-bond donors (Lipinski definition) is 1. The number of ether oxygens (including phenoxy) is 1. The first-order valence-corrected chi connectivity index (χ1v) is 6.55. The van der Waals surface area contributed by atoms with Crippen LogP contribution in [-0.4, -0.2) is 30.3 Å². The third-order valence-electron chi connectivity index (χ3n) is 3.42. The van der Waals surface area contributed by atoms with Crippen LogP contribution in [0.4, 0.5) is 0 Å². The fourth-order valence-corrected chi connectivity index (χ4v) is 2.35. The first-order chi connectivity index (χ1) is 9.36. The van der Waals surface area contributed by atoms with Gasteiger partial charge in [0.25, 0.3) is 5.89 Å². The zero-order valence-electron chi connectivity index (χ0n) is 10.9. The van der Waals surface area contributed by atoms with Gasteiger partial charge in [0.1, 0.15) is 5.75 Å². The molecule has 1 aromatic heterocycles. The Labute approximate surface area is 112 Å². The highest BCUT2D eigenvalue weighted by molar-refractivity contribution is 5.55. The van der Waals surface area contributed by atoms with E-state index in [2.05, 4.69) is 15.5 Å². The van der Waals surface area contributed by atoms with E-state index in [1.165, 1.54) is 0 Å². The van der Waals surface area contributed by atoms with Gasteiger partial charge in [-0.2, -0.15) is 4.98 Å². The van der Waals surface area contributed by atoms with Gasteiger partial charge in [0.2, 0.25) is 0 Å². The van der Waals surface area contributed by atoms with Crippen LogP contribution in [0, 0.1) is 0 Å². The van der Waals surface area contributed by atoms with Crippen LogP contribution in [0.5, 0.6) is 5.75 Å². The summed E-state index contributed by atoms with van der Waals surface area (Å²) in [6, 6.07) is 7.65. The smallest absolute Gasteiger partial charge is 0.258 e. The first kappa shape index (κ1) is 12.2. The molecule has 3 rings (SSSR count). The summed E-state index contributed by atoms with van der Waals surface area (Å²) < 4.78 is 10.6. The Hall–Kier alpha value is -1.88. The Kier molecular flexibility index (Phi) is 3.46. The van der Waals surface area contributed by atoms with Crippen molar-refractivity contribution in [3.8, 4) is 17.2 Å². The summed E-state index contributed by atoms with van der Waals surface area (Å²) in [6.45, 7) is 2.01. The molecule has 1 aliphatic heterocycles. The van der Waals surface area contributed by atoms with E-state index >= 15 is 0 Å². The molecule has 100 valence electrons. The third kappa shape index (κ3) is 2.61. The van der Waals surface area contributed by atoms with E-state index in [-0.39, 0.29) is 0 Å². The molecule has 0 saturated carbocycles. The van der Waals surface area contributed by atoms with Crippen LogP contribution in [-0.2, 0) is 0 Å². The topological polar surface area (TPSA) is 60.2 Å². The molecule has 0 spiro atoms. The fraction of sp³-hybridized carbons (Fsp3) is 0.429. The van der Waals surface area contributed by atoms with Gasteiger partial charge in [-0.1, -0.05) is 11.2 Å². The predicted molar refractivity (Wildman–Crippen MR) is 71.1 cm³/mol. The molecule has 2 aromatic rings. The van der Waals surface area contributed by atoms with E-state index in [0.29, 0.717) is 11.8 Å². The maximum atomic E-state index is 5.36. The minimum atomic E-state index is 0.358. The van der Waals surface area contributed by atoms with Crippen molar-refractivity contribution in [3.63, 3.8) is 0 Å². The fourth-order valence-electron chi connectivity index (χ4n) is 2.35. The van der Waals surface area contributed by atoms with Crippen LogP contribution in [0.15, 0.2) is 28.8 Å². The molecule has 0 amide bonds. The van der Waals surface area contributed by atoms with Gasteiger partial charge in [0.15, 0.2) is 5.82 Å². The molecular formula is C14H17N3O2. The van der Waals surface area contributed by atoms with Crippen LogP contribution in [0.25, 0.3) is 11.5 Å². The van der Waals surface area contributed by atoms with Gasteiger partial charge in [0.05, 0.1) is 7.11 Å². The summed E-state index contributed by atoms with van der Waals surface area (Å²) in [5, 5.41) is 7.46. The lowest BCUT2D eigenvalue weighted by Gasteiger charge is -2.19. The summed E-state index contributed by atoms with van der Waals surface area (Å²) in [7, 11) is 1.64. The highest BCUT2D eigenvalue weighted by atomic mass is 16.5. The van der Waals surface area contributed by atoms with E-state index in [1.807, 2.05) is 24.3 Å². The zero-order valence-corrected chi connectivity index (χ0v) is 10.9. The molecule has 1 N–H and O–H groups in total. The van der Waals surface area contributed by atoms with Crippen LogP contribution in [0.2, 0.25) is 0 Å². The molecule has 1 unspecified atom stereocenters. The van der Waals surface area contributed by atoms with Crippen molar-refractivity contribution in [2.75, 3.05) is 20.2 Å². The number of benzene rings is 1. The lowest BCUT2D eigenvalue weighted by atomic mass is 9.99. The summed E-state index contributed by atoms with van der Waals surface area (Å²) in [5.74, 6) is 2.50. The maximum Gasteiger partial charge on any atom is 0.258 e. The van der Waals surface area contributed by atoms with Gasteiger partial charge in [-0.3, -0.25) is 0 Å². The van der Waals surface area contributed by atoms with Crippen molar-refractivity contribution in [1.29, 1.82) is 0 Å². The van der Waals surface area contributed by atoms with Crippen LogP contribution in [0.1, 0.15) is 24.6 Å². The van der Waals surface area contributed by atoms with Gasteiger partial charge >= 0.3 is 0 Å². The lowest BCUT2D eigenvalue weighted by Crippen LogP contribution is -2.28. The van der Waals surface area contributed by atoms with Crippen LogP contribution >= 0.6 is 0 Å². The molecule has 0 radical (unpaired) electrons. The largest absolute Gasteiger partial charge is 0.497 e. The standard InChI is InChI=1S/C14H17N3O2/c1-18-12-6-2-4-10(8-12)14-16-13(17-19-14)11-5-3-7-15-9-11/h2,4,6,8,11,15H,3,5,7,9H2,1H3. The molecule has 5 nitrogen and oxygen atoms in total. The number of piperidine rings is 1. The average molecular weight is 259 g/mol. The molecule has 19 heavy (non-hydrogen) atoms. The van der Waals surface area contributed by atoms with Gasteiger partial charge < -0.3 is 14.6 Å². The number of nitrogens with zero attached hydrogens (tertiary/aromatic N) is 2. The van der Waals surface area contributed by atoms with Crippen LogP contribution < -0.4 is 10.1 Å². The Balaban J connectivity index is 1.83. The Bertz CT molecular complexity index is 547. The van der Waals surface area contributed by atoms with E-state index < -0.39 is 0 Å². The van der Waals surface area contributed by atoms with Crippen molar-refractivity contribution in [2.24, 2.45) is 0 Å². The normalized spacial score (nSPS) is 19.3. The molecule has 0 aliphatic carbocycles. The van der Waals surface area contributed by atoms with Crippen molar-refractivity contribution >= 4 is 0 Å². The summed E-state index contributed by atoms with van der Waals surface area (Å²) >= 11 is 0. The highest BCUT2D eigenvalue weighted by Gasteiger charge is 2.21. The Morgan fingerprint density at radius 2 is 2.37 bits per heavy atom. The summed E-state index contributed by atoms with van der Waals surface area (Å²) in [6.07, 6.45) is 2.28. The highest BCUT2D eigenvalue weighted by Crippen LogP contribution is 2.26. The molecule has 5 heteroatoms. The van der Waals surface area contributed by atoms with Crippen molar-refractivity contribution in [1.82, 2.24) is 15.5 Å². The lowest BCUT2D eigenvalue weighted by molar-refractivity contribution is 0.392. The number of rotatable bonds is 3. The van der Waals surface area contributed by atoms with E-state index in [4.69, 9.17) is 9.26 Å². The second-order valence-electron chi connectivity index (χ2n) is 4.73. The molecule has 1 saturated heterocycles. The van der Waals surface area contributed by atoms with E-state index in [1.54, 1.807) is 7.11 Å². The zero-order chi connectivity index (χ0) is 13.1. The van der Waals surface area contributed by atoms with Gasteiger partial charge in [-0.15, -0.1) is 0 Å². The van der Waals surface area contributed by atoms with Crippen molar-refractivity contribution in [2.45, 2.75) is 18.8 Å². The second-order valence-corrected chi connectivity index (χ2v) is 4.73. The summed E-state index contributed by atoms with van der Waals surface area (Å²) in [5.41, 5.74) is 0.891. The molecule has 2 heterocycles. The molecular weight excluding hydrogens is 242 g/mol. The monoisotopic (exact) mass is 259 g/mol. The van der Waals surface area contributed by atoms with Crippen molar-refractivity contribution < 1.29 is 9.26 Å². The molecule has 1 aliphatic rings. The van der Waals surface area contributed by atoms with Crippen LogP contribution in [0.3, 0.4) is 0 Å². The summed E-state index contributed by atoms with van der Waals surface area (Å²) in [4.78, 5) is 4.51. The number of nitrogens with one attached hydrogen (secondary N) is 1. The van der Waals surface area contributed by atoms with E-state index in [0.717, 1.165) is 43.1 Å². The predicted octanol–water partition coefficient (Wildman–Crippen LogP) is 2.21. The maximum absolute atomic E-state index is 5.36. The number of methoxy groups -OCH3 is 1. The SMILES string of the molecule is COc1cccc(-c2nc(C3CCCNC3)no2)c1. The van der Waals surface area contributed by atoms with E-state index in [9.17, 15) is 0 Å². The minimum absolute atomic E-state index is 0.358. The van der Waals surface area contributed by atoms with Crippen molar-refractivity contribution in [3.05, 3.63) is 30.1 Å². The molecule has 1 atom stereocenters. The number of hydrogen-bond acceptors (Lipinski definition) is 5. The third-order valence-corrected chi connectivity index (χ3v) is 3.42. The number of aromatic nitrogens is 2. The van der Waals surface area contributed by atoms with Gasteiger partial charge in [-0.25, -0.2) is 0 Å². The average Bonchev–Trinajstić information content (AvgIpc) is 2.98. The quantitative estimate of drug-likeness (QED) is 0.915. The molecule has 1 aromatic carbocycles. The minimum Gasteiger partial charge on any atom is -0.497 e. The Morgan fingerprint density at radius 3 is 3.16 bits per heavy atom. The Morgan fingerprint density at radius 1 is 1.42 bits per heavy atom. The van der Waals surface area contributed by atoms with Gasteiger partial charge in [-0.05, 0) is 37.6 Å². The van der Waals surface area contributed by atoms with Gasteiger partial charge in [0, 0.05) is 18.0 Å². The first-order valence-electron chi connectivity index (χ1n) is 6.55.